The minimum atomic E-state index is 0.367. The summed E-state index contributed by atoms with van der Waals surface area (Å²) < 4.78 is 5.17. The molecule has 0 fully saturated rings. The maximum Gasteiger partial charge on any atom is 0.120 e. The first kappa shape index (κ1) is 14.8. The molecular formula is C17H23NO2. The van der Waals surface area contributed by atoms with Gasteiger partial charge >= 0.3 is 0 Å². The van der Waals surface area contributed by atoms with Crippen molar-refractivity contribution in [3.8, 4) is 5.75 Å². The zero-order valence-electron chi connectivity index (χ0n) is 12.5. The second-order valence-corrected chi connectivity index (χ2v) is 5.34. The molecule has 0 radical (unpaired) electrons. The monoisotopic (exact) mass is 273 g/mol. The van der Waals surface area contributed by atoms with E-state index in [1.54, 1.807) is 13.2 Å². The number of fused-ring (bicyclic) bond motifs is 1. The van der Waals surface area contributed by atoms with Gasteiger partial charge < -0.3 is 9.84 Å². The summed E-state index contributed by atoms with van der Waals surface area (Å²) in [6, 6.07) is 12.3. The number of phenolic OH excluding ortho intramolecular Hbond substituents is 1. The molecule has 3 nitrogen and oxygen atoms in total. The fourth-order valence-corrected chi connectivity index (χ4v) is 2.42. The first-order valence-electron chi connectivity index (χ1n) is 7.06. The maximum absolute atomic E-state index is 10.2. The van der Waals surface area contributed by atoms with Crippen LogP contribution in [0.15, 0.2) is 36.4 Å². The zero-order chi connectivity index (χ0) is 14.5. The van der Waals surface area contributed by atoms with E-state index in [1.165, 1.54) is 0 Å². The molecule has 0 atom stereocenters. The van der Waals surface area contributed by atoms with Gasteiger partial charge in [0.05, 0.1) is 6.61 Å². The van der Waals surface area contributed by atoms with E-state index < -0.39 is 0 Å². The van der Waals surface area contributed by atoms with Gasteiger partial charge in [0.25, 0.3) is 0 Å². The van der Waals surface area contributed by atoms with Gasteiger partial charge in [-0.15, -0.1) is 0 Å². The summed E-state index contributed by atoms with van der Waals surface area (Å²) in [6.45, 7) is 6.62. The molecule has 20 heavy (non-hydrogen) atoms. The lowest BCUT2D eigenvalue weighted by Crippen LogP contribution is -2.33. The van der Waals surface area contributed by atoms with Crippen LogP contribution >= 0.6 is 0 Å². The Morgan fingerprint density at radius 3 is 2.60 bits per heavy atom. The van der Waals surface area contributed by atoms with Crippen molar-refractivity contribution in [2.45, 2.75) is 26.4 Å². The van der Waals surface area contributed by atoms with Gasteiger partial charge in [-0.2, -0.15) is 0 Å². The molecule has 0 amide bonds. The van der Waals surface area contributed by atoms with Gasteiger partial charge in [-0.1, -0.05) is 30.3 Å². The van der Waals surface area contributed by atoms with Crippen LogP contribution in [0.1, 0.15) is 19.4 Å². The first-order valence-corrected chi connectivity index (χ1v) is 7.06. The highest BCUT2D eigenvalue weighted by Crippen LogP contribution is 2.28. The molecular weight excluding hydrogens is 250 g/mol. The van der Waals surface area contributed by atoms with Gasteiger partial charge in [-0.25, -0.2) is 0 Å². The molecule has 0 heterocycles. The summed E-state index contributed by atoms with van der Waals surface area (Å²) >= 11 is 0. The molecule has 0 aliphatic heterocycles. The van der Waals surface area contributed by atoms with Gasteiger partial charge in [0, 0.05) is 31.8 Å². The second-order valence-electron chi connectivity index (χ2n) is 5.34. The summed E-state index contributed by atoms with van der Waals surface area (Å²) in [6.07, 6.45) is 0. The van der Waals surface area contributed by atoms with Crippen molar-refractivity contribution in [3.63, 3.8) is 0 Å². The van der Waals surface area contributed by atoms with E-state index in [-0.39, 0.29) is 0 Å². The Labute approximate surface area is 120 Å². The highest BCUT2D eigenvalue weighted by Gasteiger charge is 2.14. The number of nitrogens with zero attached hydrogens (tertiary/aromatic N) is 1. The predicted molar refractivity (Wildman–Crippen MR) is 83.0 cm³/mol. The number of phenols is 1. The molecule has 0 spiro atoms. The van der Waals surface area contributed by atoms with E-state index in [1.807, 2.05) is 18.2 Å². The fourth-order valence-electron chi connectivity index (χ4n) is 2.42. The lowest BCUT2D eigenvalue weighted by atomic mass is 10.0. The van der Waals surface area contributed by atoms with Crippen LogP contribution in [0.2, 0.25) is 0 Å². The highest BCUT2D eigenvalue weighted by molar-refractivity contribution is 5.87. The van der Waals surface area contributed by atoms with Gasteiger partial charge in [-0.05, 0) is 30.7 Å². The summed E-state index contributed by atoms with van der Waals surface area (Å²) in [5.74, 6) is 0.367. The quantitative estimate of drug-likeness (QED) is 0.875. The number of hydrogen-bond donors (Lipinski definition) is 1. The van der Waals surface area contributed by atoms with E-state index >= 15 is 0 Å². The third-order valence-corrected chi connectivity index (χ3v) is 3.69. The molecule has 0 aliphatic carbocycles. The van der Waals surface area contributed by atoms with Crippen molar-refractivity contribution < 1.29 is 9.84 Å². The van der Waals surface area contributed by atoms with Crippen molar-refractivity contribution >= 4 is 10.8 Å². The second kappa shape index (κ2) is 6.73. The SMILES string of the molecule is COCCN(Cc1c(O)ccc2ccccc12)C(C)C. The molecule has 0 unspecified atom stereocenters. The predicted octanol–water partition coefficient (Wildman–Crippen LogP) is 3.40. The Morgan fingerprint density at radius 1 is 1.15 bits per heavy atom. The van der Waals surface area contributed by atoms with Crippen molar-refractivity contribution in [2.24, 2.45) is 0 Å². The summed E-state index contributed by atoms with van der Waals surface area (Å²) in [4.78, 5) is 2.31. The van der Waals surface area contributed by atoms with Crippen LogP contribution in [0.3, 0.4) is 0 Å². The van der Waals surface area contributed by atoms with Crippen LogP contribution in [-0.2, 0) is 11.3 Å². The van der Waals surface area contributed by atoms with Gasteiger partial charge in [0.2, 0.25) is 0 Å². The number of rotatable bonds is 6. The van der Waals surface area contributed by atoms with Crippen LogP contribution < -0.4 is 0 Å². The van der Waals surface area contributed by atoms with Crippen molar-refractivity contribution in [1.82, 2.24) is 4.90 Å². The van der Waals surface area contributed by atoms with E-state index in [2.05, 4.69) is 30.9 Å². The normalized spacial score (nSPS) is 11.7. The number of benzene rings is 2. The molecule has 2 rings (SSSR count). The van der Waals surface area contributed by atoms with Gasteiger partial charge in [0.1, 0.15) is 5.75 Å². The van der Waals surface area contributed by atoms with Gasteiger partial charge in [0.15, 0.2) is 0 Å². The van der Waals surface area contributed by atoms with Crippen molar-refractivity contribution in [1.29, 1.82) is 0 Å². The standard InChI is InChI=1S/C17H23NO2/c1-13(2)18(10-11-20-3)12-16-15-7-5-4-6-14(15)8-9-17(16)19/h4-9,13,19H,10-12H2,1-3H3. The van der Waals surface area contributed by atoms with Gasteiger partial charge in [-0.3, -0.25) is 4.90 Å². The molecule has 0 saturated heterocycles. The summed E-state index contributed by atoms with van der Waals surface area (Å²) in [5, 5.41) is 12.5. The summed E-state index contributed by atoms with van der Waals surface area (Å²) in [5.41, 5.74) is 0.993. The molecule has 1 N–H and O–H groups in total. The average Bonchev–Trinajstić information content (AvgIpc) is 2.45. The third-order valence-electron chi connectivity index (χ3n) is 3.69. The minimum Gasteiger partial charge on any atom is -0.508 e. The molecule has 3 heteroatoms. The van der Waals surface area contributed by atoms with Crippen LogP contribution in [-0.4, -0.2) is 36.3 Å². The molecule has 2 aromatic carbocycles. The smallest absolute Gasteiger partial charge is 0.120 e. The molecule has 2 aromatic rings. The molecule has 0 saturated carbocycles. The topological polar surface area (TPSA) is 32.7 Å². The largest absolute Gasteiger partial charge is 0.508 e. The molecule has 0 aromatic heterocycles. The first-order chi connectivity index (χ1) is 9.63. The van der Waals surface area contributed by atoms with Crippen molar-refractivity contribution in [2.75, 3.05) is 20.3 Å². The number of hydrogen-bond acceptors (Lipinski definition) is 3. The Balaban J connectivity index is 2.33. The number of methoxy groups -OCH3 is 1. The van der Waals surface area contributed by atoms with E-state index in [9.17, 15) is 5.11 Å². The highest BCUT2D eigenvalue weighted by atomic mass is 16.5. The van der Waals surface area contributed by atoms with E-state index in [0.717, 1.165) is 29.4 Å². The van der Waals surface area contributed by atoms with E-state index in [4.69, 9.17) is 4.74 Å². The Hall–Kier alpha value is -1.58. The van der Waals surface area contributed by atoms with Crippen LogP contribution in [0.25, 0.3) is 10.8 Å². The lowest BCUT2D eigenvalue weighted by molar-refractivity contribution is 0.124. The fraction of sp³-hybridized carbons (Fsp3) is 0.412. The molecule has 0 aliphatic rings. The average molecular weight is 273 g/mol. The summed E-state index contributed by atoms with van der Waals surface area (Å²) in [7, 11) is 1.72. The van der Waals surface area contributed by atoms with Crippen molar-refractivity contribution in [3.05, 3.63) is 42.0 Å². The van der Waals surface area contributed by atoms with Crippen LogP contribution in [0, 0.1) is 0 Å². The number of aromatic hydroxyl groups is 1. The molecule has 0 bridgehead atoms. The zero-order valence-corrected chi connectivity index (χ0v) is 12.5. The lowest BCUT2D eigenvalue weighted by Gasteiger charge is -2.27. The minimum absolute atomic E-state index is 0.367. The Bertz CT molecular complexity index is 566. The Morgan fingerprint density at radius 2 is 1.90 bits per heavy atom. The van der Waals surface area contributed by atoms with E-state index in [0.29, 0.717) is 18.4 Å². The third kappa shape index (κ3) is 3.30. The maximum atomic E-state index is 10.2. The van der Waals surface area contributed by atoms with Crippen LogP contribution in [0.4, 0.5) is 0 Å². The molecule has 108 valence electrons. The Kier molecular flexibility index (Phi) is 4.99. The number of ether oxygens (including phenoxy) is 1. The van der Waals surface area contributed by atoms with Crippen LogP contribution in [0.5, 0.6) is 5.75 Å².